The Labute approximate surface area is 189 Å². The predicted octanol–water partition coefficient (Wildman–Crippen LogP) is 3.84. The van der Waals surface area contributed by atoms with Gasteiger partial charge in [-0.3, -0.25) is 14.4 Å². The third kappa shape index (κ3) is 8.18. The number of rotatable bonds is 2. The van der Waals surface area contributed by atoms with Crippen LogP contribution in [0.25, 0.3) is 0 Å². The topological polar surface area (TPSA) is 139 Å². The van der Waals surface area contributed by atoms with E-state index in [-0.39, 0.29) is 41.5 Å². The molecule has 11 nitrogen and oxygen atoms in total. The van der Waals surface area contributed by atoms with Crippen molar-refractivity contribution in [2.75, 3.05) is 4.90 Å². The van der Waals surface area contributed by atoms with Gasteiger partial charge in [-0.25, -0.2) is 14.6 Å². The zero-order chi connectivity index (χ0) is 24.1. The van der Waals surface area contributed by atoms with Crippen molar-refractivity contribution in [3.63, 3.8) is 0 Å². The Bertz CT molecular complexity index is 827. The standard InChI is InChI=1S/C14H20ClN3O5.C4H4ClNO2/c1-13(2,3)22-11(20)18(12(21)23-14(4,5)6)10-16-8(7-19)9(15)17-10;5-6-3(7)1-2-4(6)8/h7H,1-6H3,(H,16,17);1-2H2. The van der Waals surface area contributed by atoms with E-state index in [9.17, 15) is 24.0 Å². The first-order valence-corrected chi connectivity index (χ1v) is 9.75. The summed E-state index contributed by atoms with van der Waals surface area (Å²) in [6, 6.07) is 0. The normalized spacial score (nSPS) is 14.0. The number of aromatic nitrogens is 2. The summed E-state index contributed by atoms with van der Waals surface area (Å²) in [6.07, 6.45) is -1.08. The first-order valence-electron chi connectivity index (χ1n) is 9.04. The van der Waals surface area contributed by atoms with Crippen LogP contribution in [0.15, 0.2) is 0 Å². The number of nitrogens with zero attached hydrogens (tertiary/aromatic N) is 3. The van der Waals surface area contributed by atoms with Gasteiger partial charge in [-0.15, -0.1) is 4.90 Å². The Kier molecular flexibility index (Phi) is 8.59. The molecule has 2 heterocycles. The molecule has 172 valence electrons. The summed E-state index contributed by atoms with van der Waals surface area (Å²) in [6.45, 7) is 9.86. The monoisotopic (exact) mass is 478 g/mol. The Morgan fingerprint density at radius 3 is 1.71 bits per heavy atom. The van der Waals surface area contributed by atoms with Crippen LogP contribution >= 0.6 is 23.4 Å². The van der Waals surface area contributed by atoms with Crippen molar-refractivity contribution >= 4 is 59.6 Å². The summed E-state index contributed by atoms with van der Waals surface area (Å²) in [4.78, 5) is 63.0. The summed E-state index contributed by atoms with van der Waals surface area (Å²) < 4.78 is 11.0. The highest BCUT2D eigenvalue weighted by atomic mass is 35.5. The Balaban J connectivity index is 0.000000500. The third-order valence-corrected chi connectivity index (χ3v) is 3.80. The Hall–Kier alpha value is -2.66. The molecule has 1 fully saturated rings. The number of hydrogen-bond acceptors (Lipinski definition) is 8. The van der Waals surface area contributed by atoms with E-state index in [1.54, 1.807) is 41.5 Å². The van der Waals surface area contributed by atoms with Crippen LogP contribution < -0.4 is 4.90 Å². The Morgan fingerprint density at radius 1 is 1.03 bits per heavy atom. The fraction of sp³-hybridized carbons (Fsp3) is 0.556. The molecule has 0 aromatic carbocycles. The van der Waals surface area contributed by atoms with E-state index in [2.05, 4.69) is 9.97 Å². The first kappa shape index (κ1) is 26.4. The number of carbonyl (C=O) groups is 5. The molecule has 0 atom stereocenters. The quantitative estimate of drug-likeness (QED) is 0.384. The molecule has 1 aliphatic heterocycles. The van der Waals surface area contributed by atoms with Gasteiger partial charge in [0.15, 0.2) is 6.29 Å². The summed E-state index contributed by atoms with van der Waals surface area (Å²) in [5.41, 5.74) is -1.83. The molecule has 0 bridgehead atoms. The van der Waals surface area contributed by atoms with E-state index < -0.39 is 23.4 Å². The second kappa shape index (κ2) is 10.1. The van der Waals surface area contributed by atoms with Crippen LogP contribution in [0.3, 0.4) is 0 Å². The summed E-state index contributed by atoms with van der Waals surface area (Å²) >= 11 is 10.9. The molecule has 13 heteroatoms. The van der Waals surface area contributed by atoms with Gasteiger partial charge in [-0.05, 0) is 41.5 Å². The number of anilines is 1. The molecular weight excluding hydrogens is 455 g/mol. The minimum Gasteiger partial charge on any atom is -0.443 e. The van der Waals surface area contributed by atoms with Crippen molar-refractivity contribution < 1.29 is 33.4 Å². The SMILES string of the molecule is CC(C)(C)OC(=O)N(C(=O)OC(C)(C)C)c1nc(C=O)c(Cl)[nH]1.O=C1CCC(=O)N1Cl. The van der Waals surface area contributed by atoms with E-state index in [0.717, 1.165) is 0 Å². The highest BCUT2D eigenvalue weighted by Crippen LogP contribution is 2.22. The maximum absolute atomic E-state index is 12.3. The third-order valence-electron chi connectivity index (χ3n) is 3.14. The zero-order valence-electron chi connectivity index (χ0n) is 17.9. The predicted molar refractivity (Wildman–Crippen MR) is 111 cm³/mol. The highest BCUT2D eigenvalue weighted by Gasteiger charge is 2.35. The number of aldehydes is 1. The first-order chi connectivity index (χ1) is 14.1. The second-order valence-electron chi connectivity index (χ2n) is 8.24. The molecule has 2 rings (SSSR count). The number of amides is 4. The van der Waals surface area contributed by atoms with Crippen LogP contribution in [0, 0.1) is 0 Å². The molecular formula is C18H24Cl2N4O7. The molecule has 0 spiro atoms. The molecule has 4 amide bonds. The number of imidazole rings is 1. The summed E-state index contributed by atoms with van der Waals surface area (Å²) in [7, 11) is 0. The number of hydrogen-bond donors (Lipinski definition) is 1. The van der Waals surface area contributed by atoms with Gasteiger partial charge in [0.25, 0.3) is 0 Å². The summed E-state index contributed by atoms with van der Waals surface area (Å²) in [5.74, 6) is -0.853. The molecule has 1 aromatic heterocycles. The lowest BCUT2D eigenvalue weighted by molar-refractivity contribution is -0.132. The van der Waals surface area contributed by atoms with Gasteiger partial charge in [0.2, 0.25) is 17.8 Å². The van der Waals surface area contributed by atoms with Crippen LogP contribution in [0.1, 0.15) is 64.9 Å². The van der Waals surface area contributed by atoms with Crippen LogP contribution in [0.2, 0.25) is 5.15 Å². The van der Waals surface area contributed by atoms with Crippen molar-refractivity contribution in [2.45, 2.75) is 65.6 Å². The van der Waals surface area contributed by atoms with Gasteiger partial charge < -0.3 is 14.5 Å². The second-order valence-corrected chi connectivity index (χ2v) is 8.96. The fourth-order valence-corrected chi connectivity index (χ4v) is 2.29. The maximum Gasteiger partial charge on any atom is 0.427 e. The van der Waals surface area contributed by atoms with Gasteiger partial charge in [0.1, 0.15) is 22.0 Å². The molecule has 31 heavy (non-hydrogen) atoms. The minimum absolute atomic E-state index is 0.105. The van der Waals surface area contributed by atoms with Gasteiger partial charge in [0, 0.05) is 24.6 Å². The number of aromatic amines is 1. The number of nitrogens with one attached hydrogen (secondary N) is 1. The number of halogens is 2. The summed E-state index contributed by atoms with van der Waals surface area (Å²) in [5, 5.41) is -0.105. The van der Waals surface area contributed by atoms with Gasteiger partial charge in [0.05, 0.1) is 0 Å². The van der Waals surface area contributed by atoms with Gasteiger partial charge in [-0.1, -0.05) is 11.6 Å². The molecule has 0 aliphatic carbocycles. The number of carbonyl (C=O) groups excluding carboxylic acids is 5. The van der Waals surface area contributed by atoms with E-state index >= 15 is 0 Å². The number of H-pyrrole nitrogens is 1. The minimum atomic E-state index is -1.00. The largest absolute Gasteiger partial charge is 0.443 e. The Morgan fingerprint density at radius 2 is 1.45 bits per heavy atom. The molecule has 1 aliphatic rings. The lowest BCUT2D eigenvalue weighted by Gasteiger charge is -2.27. The zero-order valence-corrected chi connectivity index (χ0v) is 19.5. The molecule has 1 N–H and O–H groups in total. The number of ether oxygens (including phenoxy) is 2. The van der Waals surface area contributed by atoms with E-state index in [1.807, 2.05) is 0 Å². The molecule has 1 saturated heterocycles. The van der Waals surface area contributed by atoms with Crippen molar-refractivity contribution in [1.82, 2.24) is 14.4 Å². The van der Waals surface area contributed by atoms with Crippen LogP contribution in [-0.4, -0.2) is 55.9 Å². The van der Waals surface area contributed by atoms with Gasteiger partial charge in [-0.2, -0.15) is 4.42 Å². The highest BCUT2D eigenvalue weighted by molar-refractivity contribution is 6.32. The van der Waals surface area contributed by atoms with Crippen molar-refractivity contribution in [1.29, 1.82) is 0 Å². The van der Waals surface area contributed by atoms with Crippen LogP contribution in [0.4, 0.5) is 15.5 Å². The van der Waals surface area contributed by atoms with E-state index in [0.29, 0.717) is 15.6 Å². The smallest absolute Gasteiger partial charge is 0.427 e. The fourth-order valence-electron chi connectivity index (χ4n) is 1.95. The molecule has 0 radical (unpaired) electrons. The molecule has 0 unspecified atom stereocenters. The average molecular weight is 479 g/mol. The van der Waals surface area contributed by atoms with Crippen molar-refractivity contribution in [3.8, 4) is 0 Å². The maximum atomic E-state index is 12.3. The van der Waals surface area contributed by atoms with E-state index in [4.69, 9.17) is 32.9 Å². The van der Waals surface area contributed by atoms with Gasteiger partial charge >= 0.3 is 12.2 Å². The lowest BCUT2D eigenvalue weighted by Crippen LogP contribution is -2.44. The van der Waals surface area contributed by atoms with Crippen molar-refractivity contribution in [2.24, 2.45) is 0 Å². The van der Waals surface area contributed by atoms with Crippen LogP contribution in [0.5, 0.6) is 0 Å². The number of imide groups is 2. The van der Waals surface area contributed by atoms with Crippen LogP contribution in [-0.2, 0) is 19.1 Å². The average Bonchev–Trinajstić information content (AvgIpc) is 3.09. The molecule has 1 aromatic rings. The van der Waals surface area contributed by atoms with E-state index in [1.165, 1.54) is 0 Å². The molecule has 0 saturated carbocycles. The van der Waals surface area contributed by atoms with Crippen molar-refractivity contribution in [3.05, 3.63) is 10.8 Å². The lowest BCUT2D eigenvalue weighted by atomic mass is 10.2.